The Balaban J connectivity index is 0. The number of quaternary nitrogens is 1. The molecular weight excluding hydrogens is 644 g/mol. The van der Waals surface area contributed by atoms with Crippen LogP contribution in [0.15, 0.2) is 0 Å². The SMILES string of the molecule is CCCCCCCCCCCCCCCCCC(=O)OCC.CCCCCCCCCCCCCCCCCC1[NH2+]CCN1CC.[Br-]. The van der Waals surface area contributed by atoms with Gasteiger partial charge >= 0.3 is 5.97 Å². The molecule has 1 saturated heterocycles. The smallest absolute Gasteiger partial charge is 0.305 e. The molecule has 5 heteroatoms. The third-order valence-electron chi connectivity index (χ3n) is 10.1. The van der Waals surface area contributed by atoms with Crippen molar-refractivity contribution in [2.45, 2.75) is 239 Å². The molecule has 1 heterocycles. The largest absolute Gasteiger partial charge is 1.00 e. The van der Waals surface area contributed by atoms with Crippen molar-refractivity contribution >= 4 is 5.97 Å². The Labute approximate surface area is 307 Å². The predicted molar refractivity (Wildman–Crippen MR) is 204 cm³/mol. The summed E-state index contributed by atoms with van der Waals surface area (Å²) in [5.74, 6) is -0.0304. The zero-order valence-corrected chi connectivity index (χ0v) is 34.3. The molecule has 0 aliphatic carbocycles. The first-order valence-electron chi connectivity index (χ1n) is 21.4. The average Bonchev–Trinajstić information content (AvgIpc) is 3.52. The topological polar surface area (TPSA) is 46.1 Å². The van der Waals surface area contributed by atoms with Crippen LogP contribution in [-0.4, -0.2) is 43.3 Å². The van der Waals surface area contributed by atoms with Gasteiger partial charge in [-0.3, -0.25) is 4.79 Å². The van der Waals surface area contributed by atoms with E-state index in [2.05, 4.69) is 31.0 Å². The fraction of sp³-hybridized carbons (Fsp3) is 0.976. The van der Waals surface area contributed by atoms with E-state index < -0.39 is 0 Å². The van der Waals surface area contributed by atoms with Gasteiger partial charge in [0.25, 0.3) is 0 Å². The quantitative estimate of drug-likeness (QED) is 0.0531. The monoisotopic (exact) mass is 731 g/mol. The van der Waals surface area contributed by atoms with Crippen LogP contribution in [0.4, 0.5) is 0 Å². The number of halogens is 1. The molecule has 1 unspecified atom stereocenters. The van der Waals surface area contributed by atoms with Crippen LogP contribution in [0.2, 0.25) is 0 Å². The van der Waals surface area contributed by atoms with Crippen molar-refractivity contribution in [2.24, 2.45) is 0 Å². The predicted octanol–water partition coefficient (Wildman–Crippen LogP) is 9.29. The van der Waals surface area contributed by atoms with Gasteiger partial charge in [-0.1, -0.05) is 201 Å². The summed E-state index contributed by atoms with van der Waals surface area (Å²) in [6.45, 7) is 13.1. The molecule has 0 spiro atoms. The van der Waals surface area contributed by atoms with E-state index in [1.807, 2.05) is 6.92 Å². The summed E-state index contributed by atoms with van der Waals surface area (Å²) in [4.78, 5) is 13.8. The molecule has 1 rings (SSSR count). The Morgan fingerprint density at radius 2 is 0.872 bits per heavy atom. The van der Waals surface area contributed by atoms with Gasteiger partial charge in [0, 0.05) is 19.4 Å². The van der Waals surface area contributed by atoms with Crippen molar-refractivity contribution < 1.29 is 31.8 Å². The highest BCUT2D eigenvalue weighted by Crippen LogP contribution is 2.16. The number of carbonyl (C=O) groups is 1. The molecule has 0 aromatic rings. The lowest BCUT2D eigenvalue weighted by Gasteiger charge is -2.18. The molecule has 0 amide bonds. The zero-order valence-electron chi connectivity index (χ0n) is 32.8. The minimum absolute atomic E-state index is 0. The summed E-state index contributed by atoms with van der Waals surface area (Å²) >= 11 is 0. The Morgan fingerprint density at radius 3 is 1.21 bits per heavy atom. The number of unbranched alkanes of at least 4 members (excludes halogenated alkanes) is 28. The van der Waals surface area contributed by atoms with Crippen LogP contribution in [0.25, 0.3) is 0 Å². The summed E-state index contributed by atoms with van der Waals surface area (Å²) < 4.78 is 4.92. The van der Waals surface area contributed by atoms with Gasteiger partial charge in [-0.2, -0.15) is 0 Å². The Morgan fingerprint density at radius 1 is 0.532 bits per heavy atom. The van der Waals surface area contributed by atoms with Gasteiger partial charge in [-0.15, -0.1) is 0 Å². The van der Waals surface area contributed by atoms with Crippen LogP contribution < -0.4 is 22.3 Å². The normalized spacial score (nSPS) is 14.5. The number of ether oxygens (including phenoxy) is 1. The molecule has 1 aliphatic heterocycles. The lowest BCUT2D eigenvalue weighted by Crippen LogP contribution is -3.00. The van der Waals surface area contributed by atoms with Crippen molar-refractivity contribution in [1.82, 2.24) is 4.90 Å². The van der Waals surface area contributed by atoms with Crippen LogP contribution in [-0.2, 0) is 9.53 Å². The summed E-state index contributed by atoms with van der Waals surface area (Å²) in [7, 11) is 0. The summed E-state index contributed by atoms with van der Waals surface area (Å²) in [6.07, 6.45) is 45.1. The second-order valence-corrected chi connectivity index (χ2v) is 14.5. The number of rotatable bonds is 34. The first-order valence-corrected chi connectivity index (χ1v) is 21.4. The zero-order chi connectivity index (χ0) is 33.6. The molecule has 284 valence electrons. The number of nitrogens with zero attached hydrogens (tertiary/aromatic N) is 1. The van der Waals surface area contributed by atoms with Crippen LogP contribution in [0.1, 0.15) is 233 Å². The maximum atomic E-state index is 11.2. The van der Waals surface area contributed by atoms with Gasteiger partial charge < -0.3 is 27.0 Å². The van der Waals surface area contributed by atoms with E-state index in [4.69, 9.17) is 4.74 Å². The molecular formula is C42H87BrN2O2. The third kappa shape index (κ3) is 37.0. The summed E-state index contributed by atoms with van der Waals surface area (Å²) in [5.41, 5.74) is 0. The number of hydrogen-bond acceptors (Lipinski definition) is 3. The molecule has 0 bridgehead atoms. The van der Waals surface area contributed by atoms with Gasteiger partial charge in [0.2, 0.25) is 0 Å². The van der Waals surface area contributed by atoms with Crippen molar-refractivity contribution in [3.8, 4) is 0 Å². The molecule has 0 saturated carbocycles. The lowest BCUT2D eigenvalue weighted by molar-refractivity contribution is -0.680. The number of carbonyl (C=O) groups excluding carboxylic acids is 1. The number of hydrogen-bond donors (Lipinski definition) is 1. The van der Waals surface area contributed by atoms with Gasteiger partial charge in [0.15, 0.2) is 0 Å². The molecule has 2 N–H and O–H groups in total. The molecule has 0 radical (unpaired) electrons. The van der Waals surface area contributed by atoms with Gasteiger partial charge in [0.05, 0.1) is 19.7 Å². The van der Waals surface area contributed by atoms with Crippen LogP contribution in [0.5, 0.6) is 0 Å². The van der Waals surface area contributed by atoms with E-state index in [0.29, 0.717) is 13.0 Å². The van der Waals surface area contributed by atoms with E-state index in [1.54, 1.807) is 0 Å². The standard InChI is InChI=1S/C22H46N2.C20H40O2.BrH/c1-3-5-6-7-8-9-10-11-12-13-14-15-16-17-18-19-22-23-20-21-24(22)4-2;1-3-5-6-7-8-9-10-11-12-13-14-15-16-17-18-19-20(21)22-4-2;/h22-23H,3-21H2,1-2H3;3-19H2,1-2H3;1H. The van der Waals surface area contributed by atoms with Crippen molar-refractivity contribution in [3.05, 3.63) is 0 Å². The van der Waals surface area contributed by atoms with Crippen LogP contribution >= 0.6 is 0 Å². The maximum absolute atomic E-state index is 11.2. The molecule has 1 atom stereocenters. The van der Waals surface area contributed by atoms with Crippen molar-refractivity contribution in [3.63, 3.8) is 0 Å². The third-order valence-corrected chi connectivity index (χ3v) is 10.1. The summed E-state index contributed by atoms with van der Waals surface area (Å²) in [6, 6.07) is 0. The Hall–Kier alpha value is -0.130. The Bertz CT molecular complexity index is 591. The molecule has 1 aliphatic rings. The van der Waals surface area contributed by atoms with E-state index >= 15 is 0 Å². The van der Waals surface area contributed by atoms with Crippen LogP contribution in [0, 0.1) is 0 Å². The highest BCUT2D eigenvalue weighted by molar-refractivity contribution is 5.69. The molecule has 0 aromatic heterocycles. The minimum atomic E-state index is -0.0304. The first kappa shape index (κ1) is 49.0. The average molecular weight is 732 g/mol. The lowest BCUT2D eigenvalue weighted by atomic mass is 10.0. The van der Waals surface area contributed by atoms with Gasteiger partial charge in [0.1, 0.15) is 6.17 Å². The molecule has 4 nitrogen and oxygen atoms in total. The minimum Gasteiger partial charge on any atom is -1.00 e. The fourth-order valence-corrected chi connectivity index (χ4v) is 7.04. The molecule has 0 aromatic carbocycles. The van der Waals surface area contributed by atoms with Crippen molar-refractivity contribution in [1.29, 1.82) is 0 Å². The highest BCUT2D eigenvalue weighted by Gasteiger charge is 2.25. The van der Waals surface area contributed by atoms with Crippen LogP contribution in [0.3, 0.4) is 0 Å². The van der Waals surface area contributed by atoms with E-state index in [-0.39, 0.29) is 23.0 Å². The molecule has 1 fully saturated rings. The van der Waals surface area contributed by atoms with E-state index in [9.17, 15) is 4.79 Å². The number of nitrogens with two attached hydrogens (primary N) is 1. The number of likely N-dealkylation sites (N-methyl/N-ethyl adjacent to an activating group) is 1. The number of esters is 1. The van der Waals surface area contributed by atoms with Crippen molar-refractivity contribution in [2.75, 3.05) is 26.2 Å². The van der Waals surface area contributed by atoms with Gasteiger partial charge in [-0.05, 0) is 19.8 Å². The van der Waals surface area contributed by atoms with E-state index in [1.165, 1.54) is 212 Å². The highest BCUT2D eigenvalue weighted by atomic mass is 79.9. The molecule has 47 heavy (non-hydrogen) atoms. The Kier molecular flexibility index (Phi) is 43.8. The fourth-order valence-electron chi connectivity index (χ4n) is 7.04. The second kappa shape index (κ2) is 42.0. The van der Waals surface area contributed by atoms with E-state index in [0.717, 1.165) is 12.6 Å². The first-order chi connectivity index (χ1) is 22.7. The maximum Gasteiger partial charge on any atom is 0.305 e. The van der Waals surface area contributed by atoms with Gasteiger partial charge in [-0.25, -0.2) is 4.90 Å². The second-order valence-electron chi connectivity index (χ2n) is 14.5. The summed E-state index contributed by atoms with van der Waals surface area (Å²) in [5, 5.41) is 2.55.